The molecule has 6 nitrogen and oxygen atoms in total. The van der Waals surface area contributed by atoms with Crippen molar-refractivity contribution in [2.45, 2.75) is 38.8 Å². The van der Waals surface area contributed by atoms with E-state index in [4.69, 9.17) is 5.11 Å². The van der Waals surface area contributed by atoms with Crippen molar-refractivity contribution in [3.8, 4) is 0 Å². The van der Waals surface area contributed by atoms with Crippen LogP contribution in [0.5, 0.6) is 0 Å². The molecule has 2 N–H and O–H groups in total. The number of carbonyl (C=O) groups excluding carboxylic acids is 1. The summed E-state index contributed by atoms with van der Waals surface area (Å²) in [5.41, 5.74) is 0. The second kappa shape index (κ2) is 5.77. The first-order chi connectivity index (χ1) is 8.99. The molecule has 1 unspecified atom stereocenters. The van der Waals surface area contributed by atoms with Gasteiger partial charge in [-0.1, -0.05) is 13.8 Å². The van der Waals surface area contributed by atoms with Crippen LogP contribution in [0.4, 0.5) is 4.79 Å². The number of hydrogen-bond acceptors (Lipinski definition) is 3. The van der Waals surface area contributed by atoms with Crippen LogP contribution >= 0.6 is 0 Å². The molecule has 0 aliphatic carbocycles. The number of amides is 2. The van der Waals surface area contributed by atoms with Crippen LogP contribution in [0.25, 0.3) is 0 Å². The lowest BCUT2D eigenvalue weighted by Crippen LogP contribution is -2.57. The molecule has 0 aromatic rings. The van der Waals surface area contributed by atoms with Crippen LogP contribution in [0.1, 0.15) is 26.7 Å². The Bertz CT molecular complexity index is 359. The number of fused-ring (bicyclic) bond motifs is 1. The average molecular weight is 269 g/mol. The van der Waals surface area contributed by atoms with Crippen LogP contribution in [0.15, 0.2) is 0 Å². The summed E-state index contributed by atoms with van der Waals surface area (Å²) in [6.45, 7) is 7.03. The highest BCUT2D eigenvalue weighted by Gasteiger charge is 2.34. The minimum Gasteiger partial charge on any atom is -0.480 e. The Labute approximate surface area is 113 Å². The van der Waals surface area contributed by atoms with E-state index in [1.54, 1.807) is 18.7 Å². The molecule has 0 bridgehead atoms. The van der Waals surface area contributed by atoms with Crippen LogP contribution in [0, 0.1) is 5.92 Å². The third-order valence-corrected chi connectivity index (χ3v) is 4.09. The van der Waals surface area contributed by atoms with Gasteiger partial charge in [-0.25, -0.2) is 9.59 Å². The largest absolute Gasteiger partial charge is 0.480 e. The second-order valence-corrected chi connectivity index (χ2v) is 5.79. The molecule has 0 spiro atoms. The number of carboxylic acid groups (broad SMARTS) is 1. The second-order valence-electron chi connectivity index (χ2n) is 5.79. The van der Waals surface area contributed by atoms with Crippen molar-refractivity contribution in [2.24, 2.45) is 5.92 Å². The highest BCUT2D eigenvalue weighted by atomic mass is 16.4. The number of hydrogen-bond donors (Lipinski definition) is 2. The van der Waals surface area contributed by atoms with Crippen LogP contribution in [0.3, 0.4) is 0 Å². The molecule has 2 heterocycles. The van der Waals surface area contributed by atoms with Gasteiger partial charge in [0.25, 0.3) is 0 Å². The molecule has 0 radical (unpaired) electrons. The maximum atomic E-state index is 12.1. The Kier molecular flexibility index (Phi) is 4.29. The van der Waals surface area contributed by atoms with E-state index in [0.29, 0.717) is 12.6 Å². The number of nitrogens with one attached hydrogen (secondary N) is 1. The monoisotopic (exact) mass is 269 g/mol. The zero-order chi connectivity index (χ0) is 14.0. The lowest BCUT2D eigenvalue weighted by molar-refractivity contribution is -0.140. The quantitative estimate of drug-likeness (QED) is 0.786. The first-order valence-electron chi connectivity index (χ1n) is 7.01. The molecule has 2 amide bonds. The van der Waals surface area contributed by atoms with Gasteiger partial charge < -0.3 is 15.3 Å². The highest BCUT2D eigenvalue weighted by Crippen LogP contribution is 2.21. The van der Waals surface area contributed by atoms with Gasteiger partial charge in [-0.3, -0.25) is 4.90 Å². The van der Waals surface area contributed by atoms with Gasteiger partial charge >= 0.3 is 12.0 Å². The first kappa shape index (κ1) is 14.1. The van der Waals surface area contributed by atoms with E-state index in [9.17, 15) is 9.59 Å². The summed E-state index contributed by atoms with van der Waals surface area (Å²) in [4.78, 5) is 27.4. The zero-order valence-electron chi connectivity index (χ0n) is 11.6. The summed E-state index contributed by atoms with van der Waals surface area (Å²) in [7, 11) is 0. The predicted octanol–water partition coefficient (Wildman–Crippen LogP) is 0.585. The lowest BCUT2D eigenvalue weighted by Gasteiger charge is -2.38. The van der Waals surface area contributed by atoms with Crippen molar-refractivity contribution < 1.29 is 14.7 Å². The fourth-order valence-electron chi connectivity index (χ4n) is 2.91. The van der Waals surface area contributed by atoms with E-state index in [1.807, 2.05) is 0 Å². The van der Waals surface area contributed by atoms with Gasteiger partial charge in [-0.2, -0.15) is 0 Å². The number of nitrogens with zero attached hydrogens (tertiary/aromatic N) is 2. The van der Waals surface area contributed by atoms with Crippen molar-refractivity contribution in [2.75, 3.05) is 26.2 Å². The molecule has 2 rings (SSSR count). The summed E-state index contributed by atoms with van der Waals surface area (Å²) in [6, 6.07) is -0.594. The zero-order valence-corrected chi connectivity index (χ0v) is 11.6. The standard InChI is InChI=1S/C13H23N3O3/c1-9(2)11(12(17)18)14-13(19)16-7-6-15-5-3-4-10(15)8-16/h9-11H,3-8H2,1-2H3,(H,14,19)(H,17,18)/t10?,11-/m1/s1. The maximum absolute atomic E-state index is 12.1. The molecule has 6 heteroatoms. The van der Waals surface area contributed by atoms with Crippen molar-refractivity contribution in [1.82, 2.24) is 15.1 Å². The van der Waals surface area contributed by atoms with Gasteiger partial charge in [0.2, 0.25) is 0 Å². The van der Waals surface area contributed by atoms with E-state index < -0.39 is 12.0 Å². The number of piperazine rings is 1. The third-order valence-electron chi connectivity index (χ3n) is 4.09. The first-order valence-corrected chi connectivity index (χ1v) is 7.01. The molecular weight excluding hydrogens is 246 g/mol. The summed E-state index contributed by atoms with van der Waals surface area (Å²) in [5, 5.41) is 11.7. The molecular formula is C13H23N3O3. The van der Waals surface area contributed by atoms with Gasteiger partial charge in [-0.05, 0) is 25.3 Å². The highest BCUT2D eigenvalue weighted by molar-refractivity contribution is 5.82. The topological polar surface area (TPSA) is 72.9 Å². The summed E-state index contributed by atoms with van der Waals surface area (Å²) >= 11 is 0. The Morgan fingerprint density at radius 2 is 2.00 bits per heavy atom. The lowest BCUT2D eigenvalue weighted by atomic mass is 10.1. The normalized spacial score (nSPS) is 25.2. The maximum Gasteiger partial charge on any atom is 0.326 e. The van der Waals surface area contributed by atoms with Crippen LogP contribution in [-0.4, -0.2) is 65.2 Å². The Morgan fingerprint density at radius 1 is 1.26 bits per heavy atom. The molecule has 2 fully saturated rings. The summed E-state index contributed by atoms with van der Waals surface area (Å²) in [5.74, 6) is -1.09. The summed E-state index contributed by atoms with van der Waals surface area (Å²) in [6.07, 6.45) is 2.33. The van der Waals surface area contributed by atoms with Crippen LogP contribution < -0.4 is 5.32 Å². The number of rotatable bonds is 3. The molecule has 0 aromatic carbocycles. The number of carbonyl (C=O) groups is 2. The number of aliphatic carboxylic acids is 1. The molecule has 0 saturated carbocycles. The number of urea groups is 1. The average Bonchev–Trinajstić information content (AvgIpc) is 2.81. The van der Waals surface area contributed by atoms with Crippen LogP contribution in [0.2, 0.25) is 0 Å². The molecule has 108 valence electrons. The van der Waals surface area contributed by atoms with E-state index in [2.05, 4.69) is 10.2 Å². The minimum absolute atomic E-state index is 0.116. The van der Waals surface area contributed by atoms with Gasteiger partial charge in [0, 0.05) is 25.7 Å². The summed E-state index contributed by atoms with van der Waals surface area (Å²) < 4.78 is 0. The minimum atomic E-state index is -0.970. The fraction of sp³-hybridized carbons (Fsp3) is 0.846. The van der Waals surface area contributed by atoms with Crippen molar-refractivity contribution in [1.29, 1.82) is 0 Å². The predicted molar refractivity (Wildman–Crippen MR) is 71.0 cm³/mol. The SMILES string of the molecule is CC(C)[C@@H](NC(=O)N1CCN2CCCC2C1)C(=O)O. The Hall–Kier alpha value is -1.30. The van der Waals surface area contributed by atoms with E-state index in [0.717, 1.165) is 26.1 Å². The molecule has 2 aliphatic rings. The van der Waals surface area contributed by atoms with Gasteiger partial charge in [0.05, 0.1) is 0 Å². The Balaban J connectivity index is 1.91. The molecule has 2 aliphatic heterocycles. The smallest absolute Gasteiger partial charge is 0.326 e. The Morgan fingerprint density at radius 3 is 2.63 bits per heavy atom. The molecule has 0 aromatic heterocycles. The third kappa shape index (κ3) is 3.18. The van der Waals surface area contributed by atoms with E-state index in [-0.39, 0.29) is 11.9 Å². The van der Waals surface area contributed by atoms with Crippen LogP contribution in [-0.2, 0) is 4.79 Å². The van der Waals surface area contributed by atoms with E-state index in [1.165, 1.54) is 6.42 Å². The van der Waals surface area contributed by atoms with Gasteiger partial charge in [-0.15, -0.1) is 0 Å². The van der Waals surface area contributed by atoms with Gasteiger partial charge in [0.1, 0.15) is 6.04 Å². The van der Waals surface area contributed by atoms with Crippen molar-refractivity contribution >= 4 is 12.0 Å². The molecule has 2 saturated heterocycles. The molecule has 19 heavy (non-hydrogen) atoms. The van der Waals surface area contributed by atoms with E-state index >= 15 is 0 Å². The fourth-order valence-corrected chi connectivity index (χ4v) is 2.91. The van der Waals surface area contributed by atoms with Crippen molar-refractivity contribution in [3.05, 3.63) is 0 Å². The van der Waals surface area contributed by atoms with Crippen molar-refractivity contribution in [3.63, 3.8) is 0 Å². The molecule has 2 atom stereocenters. The van der Waals surface area contributed by atoms with Gasteiger partial charge in [0.15, 0.2) is 0 Å². The number of carboxylic acids is 1.